The molecule has 2 aromatic rings. The van der Waals surface area contributed by atoms with Gasteiger partial charge in [-0.25, -0.2) is 4.39 Å². The first-order chi connectivity index (χ1) is 8.08. The highest BCUT2D eigenvalue weighted by Crippen LogP contribution is 2.30. The van der Waals surface area contributed by atoms with Gasteiger partial charge >= 0.3 is 0 Å². The second-order valence-corrected chi connectivity index (χ2v) is 3.95. The summed E-state index contributed by atoms with van der Waals surface area (Å²) < 4.78 is 18.5. The van der Waals surface area contributed by atoms with Crippen molar-refractivity contribution in [1.82, 2.24) is 4.98 Å². The number of halogens is 1. The molecule has 0 amide bonds. The normalized spacial score (nSPS) is 10.8. The Morgan fingerprint density at radius 1 is 1.41 bits per heavy atom. The van der Waals surface area contributed by atoms with E-state index in [4.69, 9.17) is 10.5 Å². The van der Waals surface area contributed by atoms with Gasteiger partial charge in [0.15, 0.2) is 11.6 Å². The summed E-state index contributed by atoms with van der Waals surface area (Å²) in [6, 6.07) is 2.96. The van der Waals surface area contributed by atoms with Gasteiger partial charge in [-0.15, -0.1) is 0 Å². The minimum absolute atomic E-state index is 0.189. The topological polar surface area (TPSA) is 48.1 Å². The molecule has 1 heterocycles. The van der Waals surface area contributed by atoms with E-state index >= 15 is 0 Å². The van der Waals surface area contributed by atoms with Gasteiger partial charge in [0.2, 0.25) is 0 Å². The van der Waals surface area contributed by atoms with Crippen LogP contribution in [0.1, 0.15) is 18.2 Å². The molecule has 17 heavy (non-hydrogen) atoms. The third-order valence-corrected chi connectivity index (χ3v) is 2.99. The lowest BCUT2D eigenvalue weighted by atomic mass is 10.1. The summed E-state index contributed by atoms with van der Waals surface area (Å²) in [5.41, 5.74) is 9.12. The van der Waals surface area contributed by atoms with Crippen LogP contribution >= 0.6 is 0 Å². The quantitative estimate of drug-likeness (QED) is 0.869. The molecule has 0 aliphatic heterocycles. The fourth-order valence-corrected chi connectivity index (χ4v) is 1.94. The van der Waals surface area contributed by atoms with Crippen molar-refractivity contribution in [2.75, 3.05) is 12.8 Å². The minimum atomic E-state index is -0.419. The van der Waals surface area contributed by atoms with Gasteiger partial charge in [0, 0.05) is 22.8 Å². The van der Waals surface area contributed by atoms with Crippen molar-refractivity contribution < 1.29 is 9.13 Å². The van der Waals surface area contributed by atoms with Crippen molar-refractivity contribution in [3.8, 4) is 5.75 Å². The maximum Gasteiger partial charge on any atom is 0.167 e. The van der Waals surface area contributed by atoms with E-state index in [-0.39, 0.29) is 5.75 Å². The van der Waals surface area contributed by atoms with Gasteiger partial charge in [-0.2, -0.15) is 0 Å². The molecule has 3 nitrogen and oxygen atoms in total. The van der Waals surface area contributed by atoms with Crippen LogP contribution in [-0.2, 0) is 6.42 Å². The molecule has 0 saturated carbocycles. The average Bonchev–Trinajstić information content (AvgIpc) is 2.33. The number of fused-ring (bicyclic) bond motifs is 1. The fourth-order valence-electron chi connectivity index (χ4n) is 1.94. The molecule has 90 valence electrons. The second kappa shape index (κ2) is 4.20. The molecule has 1 aromatic carbocycles. The number of ether oxygens (including phenoxy) is 1. The van der Waals surface area contributed by atoms with Gasteiger partial charge in [0.05, 0.1) is 12.6 Å². The number of aryl methyl sites for hydroxylation is 1. The van der Waals surface area contributed by atoms with Crippen LogP contribution in [0.15, 0.2) is 12.1 Å². The van der Waals surface area contributed by atoms with Crippen LogP contribution in [0.2, 0.25) is 0 Å². The van der Waals surface area contributed by atoms with Crippen molar-refractivity contribution in [1.29, 1.82) is 0 Å². The Morgan fingerprint density at radius 3 is 2.71 bits per heavy atom. The molecule has 0 fully saturated rings. The molecule has 0 radical (unpaired) electrons. The first-order valence-corrected chi connectivity index (χ1v) is 5.50. The molecule has 1 aromatic heterocycles. The van der Waals surface area contributed by atoms with E-state index < -0.39 is 5.82 Å². The highest BCUT2D eigenvalue weighted by atomic mass is 19.1. The van der Waals surface area contributed by atoms with Gasteiger partial charge in [-0.3, -0.25) is 4.98 Å². The fraction of sp³-hybridized carbons (Fsp3) is 0.308. The van der Waals surface area contributed by atoms with Crippen molar-refractivity contribution in [2.45, 2.75) is 20.3 Å². The van der Waals surface area contributed by atoms with Gasteiger partial charge in [0.1, 0.15) is 0 Å². The van der Waals surface area contributed by atoms with E-state index in [2.05, 4.69) is 4.98 Å². The smallest absolute Gasteiger partial charge is 0.167 e. The first-order valence-electron chi connectivity index (χ1n) is 5.50. The molecule has 2 N–H and O–H groups in total. The molecule has 0 saturated heterocycles. The third kappa shape index (κ3) is 1.79. The van der Waals surface area contributed by atoms with E-state index in [0.717, 1.165) is 23.1 Å². The first kappa shape index (κ1) is 11.6. The number of anilines is 1. The lowest BCUT2D eigenvalue weighted by molar-refractivity contribution is 0.387. The summed E-state index contributed by atoms with van der Waals surface area (Å²) in [4.78, 5) is 4.41. The van der Waals surface area contributed by atoms with Crippen LogP contribution in [-0.4, -0.2) is 12.1 Å². The van der Waals surface area contributed by atoms with E-state index in [1.165, 1.54) is 13.2 Å². The Labute approximate surface area is 99.4 Å². The number of rotatable bonds is 2. The summed E-state index contributed by atoms with van der Waals surface area (Å²) in [6.07, 6.45) is 0.777. The maximum absolute atomic E-state index is 13.6. The Hall–Kier alpha value is -1.84. The molecule has 0 atom stereocenters. The molecular weight excluding hydrogens is 219 g/mol. The number of pyridine rings is 1. The van der Waals surface area contributed by atoms with Crippen LogP contribution in [0.5, 0.6) is 5.75 Å². The second-order valence-electron chi connectivity index (χ2n) is 3.95. The predicted octanol–water partition coefficient (Wildman–Crippen LogP) is 2.84. The van der Waals surface area contributed by atoms with E-state index in [1.54, 1.807) is 6.07 Å². The zero-order valence-electron chi connectivity index (χ0n) is 10.2. The third-order valence-electron chi connectivity index (χ3n) is 2.99. The summed E-state index contributed by atoms with van der Waals surface area (Å²) >= 11 is 0. The number of hydrogen-bond acceptors (Lipinski definition) is 3. The average molecular weight is 234 g/mol. The van der Waals surface area contributed by atoms with Crippen molar-refractivity contribution in [2.24, 2.45) is 0 Å². The monoisotopic (exact) mass is 234 g/mol. The molecule has 0 bridgehead atoms. The van der Waals surface area contributed by atoms with E-state index in [9.17, 15) is 4.39 Å². The van der Waals surface area contributed by atoms with Crippen LogP contribution < -0.4 is 10.5 Å². The van der Waals surface area contributed by atoms with Crippen molar-refractivity contribution >= 4 is 16.6 Å². The predicted molar refractivity (Wildman–Crippen MR) is 66.8 cm³/mol. The van der Waals surface area contributed by atoms with Crippen molar-refractivity contribution in [3.05, 3.63) is 29.2 Å². The molecule has 0 spiro atoms. The molecule has 2 rings (SSSR count). The zero-order valence-corrected chi connectivity index (χ0v) is 10.2. The molecule has 4 heteroatoms. The number of nitrogens with two attached hydrogens (primary N) is 1. The maximum atomic E-state index is 13.6. The summed E-state index contributed by atoms with van der Waals surface area (Å²) in [5.74, 6) is -0.229. The van der Waals surface area contributed by atoms with Gasteiger partial charge in [-0.05, 0) is 25.0 Å². The highest BCUT2D eigenvalue weighted by Gasteiger charge is 2.12. The number of methoxy groups -OCH3 is 1. The Kier molecular flexibility index (Phi) is 2.88. The van der Waals surface area contributed by atoms with E-state index in [1.807, 2.05) is 13.8 Å². The highest BCUT2D eigenvalue weighted by molar-refractivity contribution is 5.93. The van der Waals surface area contributed by atoms with Gasteiger partial charge in [-0.1, -0.05) is 6.92 Å². The number of hydrogen-bond donors (Lipinski definition) is 1. The number of aromatic nitrogens is 1. The SMILES string of the molecule is CCc1nc2cc(F)c(OC)cc2c(N)c1C. The Bertz CT molecular complexity index is 581. The van der Waals surface area contributed by atoms with Crippen molar-refractivity contribution in [3.63, 3.8) is 0 Å². The minimum Gasteiger partial charge on any atom is -0.494 e. The summed E-state index contributed by atoms with van der Waals surface area (Å²) in [5, 5.41) is 0.734. The zero-order chi connectivity index (χ0) is 12.6. The van der Waals surface area contributed by atoms with Crippen LogP contribution in [0.4, 0.5) is 10.1 Å². The van der Waals surface area contributed by atoms with Crippen LogP contribution in [0, 0.1) is 12.7 Å². The molecule has 0 unspecified atom stereocenters. The standard InChI is InChI=1S/C13H15FN2O/c1-4-10-7(2)13(15)8-5-12(17-3)9(14)6-11(8)16-10/h5-6H,4H2,1-3H3,(H2,15,16). The molecule has 0 aliphatic carbocycles. The number of nitrogens with zero attached hydrogens (tertiary/aromatic N) is 1. The van der Waals surface area contributed by atoms with Gasteiger partial charge in [0.25, 0.3) is 0 Å². The lowest BCUT2D eigenvalue weighted by Crippen LogP contribution is -2.01. The molecule has 0 aliphatic rings. The lowest BCUT2D eigenvalue weighted by Gasteiger charge is -2.11. The largest absolute Gasteiger partial charge is 0.494 e. The number of nitrogen functional groups attached to an aromatic ring is 1. The van der Waals surface area contributed by atoms with Crippen LogP contribution in [0.3, 0.4) is 0 Å². The van der Waals surface area contributed by atoms with Gasteiger partial charge < -0.3 is 10.5 Å². The Morgan fingerprint density at radius 2 is 2.12 bits per heavy atom. The van der Waals surface area contributed by atoms with Crippen LogP contribution in [0.25, 0.3) is 10.9 Å². The summed E-state index contributed by atoms with van der Waals surface area (Å²) in [7, 11) is 1.43. The molecular formula is C13H15FN2O. The van der Waals surface area contributed by atoms with E-state index in [0.29, 0.717) is 11.2 Å². The Balaban J connectivity index is 2.82. The number of benzene rings is 1. The summed E-state index contributed by atoms with van der Waals surface area (Å²) in [6.45, 7) is 3.93.